The maximum absolute atomic E-state index is 8.89. The van der Waals surface area contributed by atoms with Gasteiger partial charge in [0.1, 0.15) is 5.82 Å². The van der Waals surface area contributed by atoms with Gasteiger partial charge >= 0.3 is 0 Å². The van der Waals surface area contributed by atoms with Crippen molar-refractivity contribution in [3.63, 3.8) is 0 Å². The molecule has 1 aromatic carbocycles. The first-order chi connectivity index (χ1) is 9.58. The number of hydrogen-bond donors (Lipinski definition) is 1. The maximum atomic E-state index is 8.89. The number of anilines is 1. The molecule has 0 bridgehead atoms. The third-order valence-corrected chi connectivity index (χ3v) is 3.08. The second-order valence-corrected chi connectivity index (χ2v) is 5.41. The van der Waals surface area contributed by atoms with Gasteiger partial charge in [-0.15, -0.1) is 0 Å². The molecule has 1 heterocycles. The minimum absolute atomic E-state index is 0.602. The second kappa shape index (κ2) is 6.25. The van der Waals surface area contributed by atoms with Crippen LogP contribution in [0.3, 0.4) is 0 Å². The van der Waals surface area contributed by atoms with Gasteiger partial charge in [-0.2, -0.15) is 10.4 Å². The Kier molecular flexibility index (Phi) is 4.41. The molecule has 20 heavy (non-hydrogen) atoms. The van der Waals surface area contributed by atoms with E-state index in [1.807, 2.05) is 36.0 Å². The first kappa shape index (κ1) is 14.1. The summed E-state index contributed by atoms with van der Waals surface area (Å²) in [6.45, 7) is 5.07. The average Bonchev–Trinajstić information content (AvgIpc) is 2.76. The van der Waals surface area contributed by atoms with Crippen molar-refractivity contribution in [1.29, 1.82) is 5.26 Å². The molecule has 0 unspecified atom stereocenters. The molecular formula is C16H20N4. The van der Waals surface area contributed by atoms with Crippen LogP contribution in [0.2, 0.25) is 0 Å². The number of nitrogens with one attached hydrogen (secondary N) is 1. The van der Waals surface area contributed by atoms with Gasteiger partial charge in [-0.05, 0) is 30.0 Å². The highest BCUT2D eigenvalue weighted by molar-refractivity contribution is 5.40. The summed E-state index contributed by atoms with van der Waals surface area (Å²) in [4.78, 5) is 0. The molecule has 0 amide bonds. The van der Waals surface area contributed by atoms with E-state index in [0.29, 0.717) is 18.0 Å². The Bertz CT molecular complexity index is 620. The van der Waals surface area contributed by atoms with E-state index in [1.165, 1.54) is 0 Å². The fourth-order valence-corrected chi connectivity index (χ4v) is 2.15. The predicted octanol–water partition coefficient (Wildman–Crippen LogP) is 3.10. The predicted molar refractivity (Wildman–Crippen MR) is 80.2 cm³/mol. The molecular weight excluding hydrogens is 248 g/mol. The van der Waals surface area contributed by atoms with Crippen molar-refractivity contribution in [1.82, 2.24) is 9.78 Å². The van der Waals surface area contributed by atoms with Crippen molar-refractivity contribution < 1.29 is 0 Å². The highest BCUT2D eigenvalue weighted by Gasteiger charge is 2.06. The Hall–Kier alpha value is -2.28. The lowest BCUT2D eigenvalue weighted by Crippen LogP contribution is -2.04. The molecule has 1 N–H and O–H groups in total. The van der Waals surface area contributed by atoms with E-state index in [2.05, 4.69) is 36.4 Å². The zero-order chi connectivity index (χ0) is 14.5. The first-order valence-electron chi connectivity index (χ1n) is 6.84. The second-order valence-electron chi connectivity index (χ2n) is 5.41. The summed E-state index contributed by atoms with van der Waals surface area (Å²) in [6.07, 6.45) is 0.986. The van der Waals surface area contributed by atoms with E-state index in [9.17, 15) is 0 Å². The van der Waals surface area contributed by atoms with Crippen LogP contribution in [0.1, 0.15) is 30.7 Å². The zero-order valence-electron chi connectivity index (χ0n) is 12.2. The van der Waals surface area contributed by atoms with Crippen LogP contribution in [0.4, 0.5) is 5.82 Å². The lowest BCUT2D eigenvalue weighted by molar-refractivity contribution is 0.621. The number of aromatic nitrogens is 2. The minimum atomic E-state index is 0.602. The Morgan fingerprint density at radius 2 is 2.15 bits per heavy atom. The Morgan fingerprint density at radius 3 is 2.85 bits per heavy atom. The zero-order valence-corrected chi connectivity index (χ0v) is 12.2. The quantitative estimate of drug-likeness (QED) is 0.906. The van der Waals surface area contributed by atoms with Crippen molar-refractivity contribution >= 4 is 5.82 Å². The average molecular weight is 268 g/mol. The van der Waals surface area contributed by atoms with Crippen molar-refractivity contribution in [3.8, 4) is 6.07 Å². The van der Waals surface area contributed by atoms with E-state index in [0.717, 1.165) is 23.5 Å². The molecule has 2 aromatic rings. The summed E-state index contributed by atoms with van der Waals surface area (Å²) in [6, 6.07) is 11.9. The summed E-state index contributed by atoms with van der Waals surface area (Å²) in [7, 11) is 1.94. The molecule has 0 aliphatic heterocycles. The summed E-state index contributed by atoms with van der Waals surface area (Å²) in [5.74, 6) is 1.60. The van der Waals surface area contributed by atoms with Crippen molar-refractivity contribution in [2.75, 3.05) is 5.32 Å². The molecule has 0 fully saturated rings. The molecule has 104 valence electrons. The summed E-state index contributed by atoms with van der Waals surface area (Å²) >= 11 is 0. The summed E-state index contributed by atoms with van der Waals surface area (Å²) in [5.41, 5.74) is 2.89. The molecule has 2 rings (SSSR count). The molecule has 0 radical (unpaired) electrons. The first-order valence-corrected chi connectivity index (χ1v) is 6.84. The highest BCUT2D eigenvalue weighted by atomic mass is 15.3. The molecule has 0 saturated heterocycles. The van der Waals surface area contributed by atoms with E-state index in [1.54, 1.807) is 0 Å². The van der Waals surface area contributed by atoms with E-state index in [4.69, 9.17) is 5.26 Å². The van der Waals surface area contributed by atoms with Gasteiger partial charge < -0.3 is 5.32 Å². The molecule has 0 aliphatic rings. The van der Waals surface area contributed by atoms with E-state index >= 15 is 0 Å². The Labute approximate surface area is 120 Å². The topological polar surface area (TPSA) is 53.6 Å². The number of rotatable bonds is 5. The minimum Gasteiger partial charge on any atom is -0.366 e. The van der Waals surface area contributed by atoms with Crippen molar-refractivity contribution in [2.45, 2.75) is 26.8 Å². The standard InChI is InChI=1S/C16H20N4/c1-12(2)7-15-9-16(20(3)19-15)18-11-14-6-4-5-13(8-14)10-17/h4-6,8-9,12,18H,7,11H2,1-3H3. The SMILES string of the molecule is CC(C)Cc1cc(NCc2cccc(C#N)c2)n(C)n1. The van der Waals surface area contributed by atoms with Crippen LogP contribution in [0.5, 0.6) is 0 Å². The Balaban J connectivity index is 2.03. The number of nitrogens with zero attached hydrogens (tertiary/aromatic N) is 3. The number of nitriles is 1. The fraction of sp³-hybridized carbons (Fsp3) is 0.375. The summed E-state index contributed by atoms with van der Waals surface area (Å²) in [5, 5.41) is 16.8. The van der Waals surface area contributed by atoms with Crippen molar-refractivity contribution in [2.24, 2.45) is 13.0 Å². The monoisotopic (exact) mass is 268 g/mol. The largest absolute Gasteiger partial charge is 0.366 e. The van der Waals surface area contributed by atoms with E-state index in [-0.39, 0.29) is 0 Å². The maximum Gasteiger partial charge on any atom is 0.124 e. The van der Waals surface area contributed by atoms with Gasteiger partial charge in [-0.3, -0.25) is 4.68 Å². The normalized spacial score (nSPS) is 10.6. The molecule has 0 saturated carbocycles. The lowest BCUT2D eigenvalue weighted by atomic mass is 10.1. The van der Waals surface area contributed by atoms with Crippen LogP contribution in [-0.2, 0) is 20.0 Å². The van der Waals surface area contributed by atoms with Gasteiger partial charge in [-0.25, -0.2) is 0 Å². The third-order valence-electron chi connectivity index (χ3n) is 3.08. The van der Waals surface area contributed by atoms with Crippen LogP contribution < -0.4 is 5.32 Å². The molecule has 0 atom stereocenters. The van der Waals surface area contributed by atoms with Gasteiger partial charge in [0.25, 0.3) is 0 Å². The highest BCUT2D eigenvalue weighted by Crippen LogP contribution is 2.14. The molecule has 4 nitrogen and oxygen atoms in total. The fourth-order valence-electron chi connectivity index (χ4n) is 2.15. The molecule has 4 heteroatoms. The molecule has 0 aliphatic carbocycles. The molecule has 0 spiro atoms. The lowest BCUT2D eigenvalue weighted by Gasteiger charge is -2.06. The van der Waals surface area contributed by atoms with Crippen LogP contribution in [0.15, 0.2) is 30.3 Å². The van der Waals surface area contributed by atoms with Crippen LogP contribution in [0.25, 0.3) is 0 Å². The van der Waals surface area contributed by atoms with Gasteiger partial charge in [0.15, 0.2) is 0 Å². The van der Waals surface area contributed by atoms with Crippen LogP contribution in [0, 0.1) is 17.2 Å². The van der Waals surface area contributed by atoms with Crippen LogP contribution in [-0.4, -0.2) is 9.78 Å². The van der Waals surface area contributed by atoms with Gasteiger partial charge in [0.05, 0.1) is 17.3 Å². The van der Waals surface area contributed by atoms with Gasteiger partial charge in [0.2, 0.25) is 0 Å². The van der Waals surface area contributed by atoms with Gasteiger partial charge in [-0.1, -0.05) is 26.0 Å². The smallest absolute Gasteiger partial charge is 0.124 e. The summed E-state index contributed by atoms with van der Waals surface area (Å²) < 4.78 is 1.87. The number of aryl methyl sites for hydroxylation is 1. The molecule has 1 aromatic heterocycles. The van der Waals surface area contributed by atoms with Crippen molar-refractivity contribution in [3.05, 3.63) is 47.2 Å². The third kappa shape index (κ3) is 3.61. The van der Waals surface area contributed by atoms with Crippen LogP contribution >= 0.6 is 0 Å². The number of benzene rings is 1. The van der Waals surface area contributed by atoms with Gasteiger partial charge in [0, 0.05) is 19.7 Å². The number of hydrogen-bond acceptors (Lipinski definition) is 3. The van der Waals surface area contributed by atoms with E-state index < -0.39 is 0 Å². The Morgan fingerprint density at radius 1 is 1.35 bits per heavy atom.